The zero-order valence-corrected chi connectivity index (χ0v) is 24.1. The number of nitrogens with one attached hydrogen (secondary N) is 1. The van der Waals surface area contributed by atoms with E-state index >= 15 is 0 Å². The lowest BCUT2D eigenvalue weighted by molar-refractivity contribution is 0.151. The van der Waals surface area contributed by atoms with Crippen LogP contribution in [0.25, 0.3) is 33.4 Å². The Morgan fingerprint density at radius 1 is 0.857 bits per heavy atom. The molecule has 0 amide bonds. The first-order chi connectivity index (χ1) is 19.8. The van der Waals surface area contributed by atoms with Crippen LogP contribution >= 0.6 is 7.14 Å². The third-order valence-corrected chi connectivity index (χ3v) is 8.64. The van der Waals surface area contributed by atoms with E-state index in [2.05, 4.69) is 15.3 Å². The molecule has 1 atom stereocenters. The quantitative estimate of drug-likeness (QED) is 0.158. The Balaban J connectivity index is 1.57. The van der Waals surface area contributed by atoms with E-state index in [1.807, 2.05) is 6.07 Å². The number of alkyl halides is 2. The highest BCUT2D eigenvalue weighted by Gasteiger charge is 2.20. The van der Waals surface area contributed by atoms with Crippen LogP contribution in [0.15, 0.2) is 77.9 Å². The lowest BCUT2D eigenvalue weighted by Crippen LogP contribution is -2.20. The largest absolute Gasteiger partial charge is 0.378 e. The summed E-state index contributed by atoms with van der Waals surface area (Å²) in [5.41, 5.74) is 1.02. The summed E-state index contributed by atoms with van der Waals surface area (Å²) >= 11 is 0. The van der Waals surface area contributed by atoms with Gasteiger partial charge in [-0.2, -0.15) is 0 Å². The molecule has 6 nitrogen and oxygen atoms in total. The fourth-order valence-electron chi connectivity index (χ4n) is 4.88. The average molecular weight is 595 g/mol. The topological polar surface area (TPSA) is 76.9 Å². The second kappa shape index (κ2) is 11.2. The van der Waals surface area contributed by atoms with E-state index in [1.165, 1.54) is 16.7 Å². The van der Waals surface area contributed by atoms with Crippen LogP contribution in [0.5, 0.6) is 0 Å². The van der Waals surface area contributed by atoms with Crippen LogP contribution in [0.4, 0.5) is 23.2 Å². The fraction of sp³-hybridized carbons (Fsp3) is 0.194. The minimum Gasteiger partial charge on any atom is -0.378 e. The van der Waals surface area contributed by atoms with Gasteiger partial charge in [0, 0.05) is 53.2 Å². The van der Waals surface area contributed by atoms with Gasteiger partial charge < -0.3 is 14.4 Å². The second-order valence-corrected chi connectivity index (χ2v) is 13.7. The lowest BCUT2D eigenvalue weighted by Gasteiger charge is -2.21. The van der Waals surface area contributed by atoms with Crippen LogP contribution in [-0.2, 0) is 11.6 Å². The number of nitrogens with zero attached hydrogens (tertiary/aromatic N) is 3. The number of pyridine rings is 1. The number of rotatable bonds is 7. The molecule has 0 saturated heterocycles. The van der Waals surface area contributed by atoms with Crippen molar-refractivity contribution in [3.05, 3.63) is 106 Å². The van der Waals surface area contributed by atoms with E-state index in [4.69, 9.17) is 0 Å². The van der Waals surface area contributed by atoms with Crippen LogP contribution < -0.4 is 16.2 Å². The van der Waals surface area contributed by atoms with Gasteiger partial charge in [-0.3, -0.25) is 4.79 Å². The molecule has 0 aliphatic carbocycles. The molecule has 3 aromatic carbocycles. The first kappa shape index (κ1) is 29.2. The van der Waals surface area contributed by atoms with Crippen molar-refractivity contribution in [3.63, 3.8) is 0 Å². The molecule has 0 saturated carbocycles. The van der Waals surface area contributed by atoms with Crippen molar-refractivity contribution in [1.29, 1.82) is 0 Å². The van der Waals surface area contributed by atoms with Gasteiger partial charge in [0.1, 0.15) is 18.8 Å². The molecule has 2 heterocycles. The monoisotopic (exact) mass is 594 g/mol. The highest BCUT2D eigenvalue weighted by Crippen LogP contribution is 2.36. The summed E-state index contributed by atoms with van der Waals surface area (Å²) in [5.74, 6) is -1.05. The van der Waals surface area contributed by atoms with Gasteiger partial charge in [0.05, 0.1) is 11.1 Å². The highest BCUT2D eigenvalue weighted by molar-refractivity contribution is 7.70. The molecule has 0 fully saturated rings. The minimum atomic E-state index is -2.93. The number of halogens is 4. The smallest absolute Gasteiger partial charge is 0.265 e. The standard InChI is InChI=1S/C31H27F4N4O2P/c1-17(38-27-9-8-20(32)11-26(27)29(34)35)23-12-21(33)13-25-24(23)14-28(39(2)31(25)40)19-15-36-30(37-16-19)18-6-5-7-22(10-18)42(3,4)41/h5-17,29,38H,1-4H3/t17-/m1/s1. The van der Waals surface area contributed by atoms with E-state index in [9.17, 15) is 26.9 Å². The molecule has 0 spiro atoms. The summed E-state index contributed by atoms with van der Waals surface area (Å²) in [6, 6.07) is 13.5. The van der Waals surface area contributed by atoms with Crippen molar-refractivity contribution in [2.24, 2.45) is 7.05 Å². The Labute approximate surface area is 239 Å². The van der Waals surface area contributed by atoms with Gasteiger partial charge in [0.25, 0.3) is 12.0 Å². The van der Waals surface area contributed by atoms with Gasteiger partial charge in [-0.25, -0.2) is 27.5 Å². The van der Waals surface area contributed by atoms with E-state index in [0.29, 0.717) is 38.9 Å². The van der Waals surface area contributed by atoms with Gasteiger partial charge in [0.15, 0.2) is 5.82 Å². The molecule has 0 radical (unpaired) electrons. The average Bonchev–Trinajstić information content (AvgIpc) is 2.95. The van der Waals surface area contributed by atoms with Crippen molar-refractivity contribution in [2.45, 2.75) is 19.4 Å². The van der Waals surface area contributed by atoms with Crippen LogP contribution in [0.2, 0.25) is 0 Å². The molecule has 0 unspecified atom stereocenters. The number of benzene rings is 3. The maximum atomic E-state index is 14.7. The van der Waals surface area contributed by atoms with Crippen molar-refractivity contribution >= 4 is 28.9 Å². The molecule has 11 heteroatoms. The lowest BCUT2D eigenvalue weighted by atomic mass is 9.98. The molecule has 0 aliphatic heterocycles. The third-order valence-electron chi connectivity index (χ3n) is 7.12. The molecule has 0 aliphatic rings. The maximum Gasteiger partial charge on any atom is 0.265 e. The Morgan fingerprint density at radius 2 is 1.55 bits per heavy atom. The van der Waals surface area contributed by atoms with Crippen molar-refractivity contribution in [1.82, 2.24) is 14.5 Å². The summed E-state index contributed by atoms with van der Waals surface area (Å²) in [4.78, 5) is 22.3. The summed E-state index contributed by atoms with van der Waals surface area (Å²) in [6.07, 6.45) is 0.189. The van der Waals surface area contributed by atoms with Crippen LogP contribution in [-0.4, -0.2) is 27.9 Å². The molecule has 5 aromatic rings. The first-order valence-corrected chi connectivity index (χ1v) is 15.6. The fourth-order valence-corrected chi connectivity index (χ4v) is 5.78. The number of anilines is 1. The van der Waals surface area contributed by atoms with Crippen molar-refractivity contribution in [3.8, 4) is 22.6 Å². The Morgan fingerprint density at radius 3 is 2.21 bits per heavy atom. The predicted molar refractivity (Wildman–Crippen MR) is 158 cm³/mol. The summed E-state index contributed by atoms with van der Waals surface area (Å²) in [7, 11) is -0.937. The van der Waals surface area contributed by atoms with Gasteiger partial charge in [-0.15, -0.1) is 0 Å². The SMILES string of the molecule is C[C@@H](Nc1ccc(F)cc1C(F)F)c1cc(F)cc2c(=O)n(C)c(-c3cnc(-c4cccc(P(C)(C)=O)c4)nc3)cc12. The van der Waals surface area contributed by atoms with Crippen LogP contribution in [0, 0.1) is 11.6 Å². The van der Waals surface area contributed by atoms with Crippen molar-refractivity contribution < 1.29 is 22.1 Å². The number of hydrogen-bond donors (Lipinski definition) is 1. The van der Waals surface area contributed by atoms with Gasteiger partial charge in [-0.05, 0) is 73.7 Å². The summed E-state index contributed by atoms with van der Waals surface area (Å²) in [6.45, 7) is 5.01. The molecular formula is C31H27F4N4O2P. The summed E-state index contributed by atoms with van der Waals surface area (Å²) in [5, 5.41) is 4.14. The normalized spacial score (nSPS) is 12.6. The molecular weight excluding hydrogens is 567 g/mol. The number of hydrogen-bond acceptors (Lipinski definition) is 5. The van der Waals surface area contributed by atoms with E-state index in [0.717, 1.165) is 18.2 Å². The molecule has 5 rings (SSSR count). The van der Waals surface area contributed by atoms with Crippen molar-refractivity contribution in [2.75, 3.05) is 18.6 Å². The van der Waals surface area contributed by atoms with E-state index < -0.39 is 42.4 Å². The molecule has 2 aromatic heterocycles. The Kier molecular flexibility index (Phi) is 7.77. The molecule has 42 heavy (non-hydrogen) atoms. The molecule has 0 bridgehead atoms. The van der Waals surface area contributed by atoms with Gasteiger partial charge >= 0.3 is 0 Å². The maximum absolute atomic E-state index is 14.7. The van der Waals surface area contributed by atoms with E-state index in [1.54, 1.807) is 64.0 Å². The number of fused-ring (bicyclic) bond motifs is 1. The Hall–Kier alpha value is -4.30. The molecule has 1 N–H and O–H groups in total. The highest BCUT2D eigenvalue weighted by atomic mass is 31.2. The molecule has 216 valence electrons. The van der Waals surface area contributed by atoms with Gasteiger partial charge in [0.2, 0.25) is 0 Å². The summed E-state index contributed by atoms with van der Waals surface area (Å²) < 4.78 is 69.4. The van der Waals surface area contributed by atoms with Crippen LogP contribution in [0.1, 0.15) is 30.5 Å². The van der Waals surface area contributed by atoms with Crippen LogP contribution in [0.3, 0.4) is 0 Å². The first-order valence-electron chi connectivity index (χ1n) is 13.0. The number of aromatic nitrogens is 3. The zero-order chi connectivity index (χ0) is 30.3. The van der Waals surface area contributed by atoms with Gasteiger partial charge in [-0.1, -0.05) is 18.2 Å². The van der Waals surface area contributed by atoms with E-state index in [-0.39, 0.29) is 11.1 Å². The minimum absolute atomic E-state index is 0.00377. The zero-order valence-electron chi connectivity index (χ0n) is 23.2. The predicted octanol–water partition coefficient (Wildman–Crippen LogP) is 7.30. The third kappa shape index (κ3) is 5.72. The second-order valence-electron chi connectivity index (χ2n) is 10.4. The Bertz CT molecular complexity index is 1920.